The van der Waals surface area contributed by atoms with E-state index in [0.29, 0.717) is 23.7 Å². The maximum absolute atomic E-state index is 12.5. The molecule has 5 nitrogen and oxygen atoms in total. The molecule has 156 valence electrons. The van der Waals surface area contributed by atoms with Crippen molar-refractivity contribution in [2.75, 3.05) is 20.1 Å². The lowest BCUT2D eigenvalue weighted by Crippen LogP contribution is -2.37. The Morgan fingerprint density at radius 3 is 2.52 bits per heavy atom. The molecule has 0 saturated carbocycles. The monoisotopic (exact) mass is 416 g/mol. The number of para-hydroxylation sites is 1. The lowest BCUT2D eigenvalue weighted by atomic mass is 10.1. The molecular weight excluding hydrogens is 388 g/mol. The lowest BCUT2D eigenvalue weighted by molar-refractivity contribution is -0.128. The zero-order valence-corrected chi connectivity index (χ0v) is 17.8. The van der Waals surface area contributed by atoms with Crippen LogP contribution in [-0.2, 0) is 11.3 Å². The van der Waals surface area contributed by atoms with Gasteiger partial charge in [-0.1, -0.05) is 42.8 Å². The Morgan fingerprint density at radius 2 is 1.86 bits per heavy atom. The van der Waals surface area contributed by atoms with Crippen molar-refractivity contribution in [3.8, 4) is 11.5 Å². The van der Waals surface area contributed by atoms with Gasteiger partial charge in [-0.2, -0.15) is 0 Å². The van der Waals surface area contributed by atoms with Gasteiger partial charge in [-0.3, -0.25) is 4.79 Å². The van der Waals surface area contributed by atoms with Crippen molar-refractivity contribution in [1.82, 2.24) is 10.2 Å². The van der Waals surface area contributed by atoms with Gasteiger partial charge in [0.1, 0.15) is 17.6 Å². The van der Waals surface area contributed by atoms with Crippen molar-refractivity contribution in [3.63, 3.8) is 0 Å². The summed E-state index contributed by atoms with van der Waals surface area (Å²) in [6.07, 6.45) is 2.36. The average Bonchev–Trinajstić information content (AvgIpc) is 2.74. The van der Waals surface area contributed by atoms with E-state index in [9.17, 15) is 4.79 Å². The second kappa shape index (κ2) is 10.5. The third kappa shape index (κ3) is 6.38. The molecule has 0 radical (unpaired) electrons. The minimum atomic E-state index is -0.582. The van der Waals surface area contributed by atoms with E-state index in [2.05, 4.69) is 17.3 Å². The van der Waals surface area contributed by atoms with Gasteiger partial charge < -0.3 is 19.7 Å². The van der Waals surface area contributed by atoms with Crippen LogP contribution in [0.3, 0.4) is 0 Å². The summed E-state index contributed by atoms with van der Waals surface area (Å²) in [6, 6.07) is 15.1. The summed E-state index contributed by atoms with van der Waals surface area (Å²) in [5.41, 5.74) is 1.02. The Bertz CT molecular complexity index is 789. The first-order valence-corrected chi connectivity index (χ1v) is 10.6. The molecule has 1 N–H and O–H groups in total. The molecule has 1 aliphatic rings. The first kappa shape index (κ1) is 21.5. The van der Waals surface area contributed by atoms with Crippen molar-refractivity contribution in [3.05, 3.63) is 59.1 Å². The van der Waals surface area contributed by atoms with Gasteiger partial charge in [0.2, 0.25) is 0 Å². The van der Waals surface area contributed by atoms with Crippen LogP contribution in [0, 0.1) is 0 Å². The number of nitrogens with zero attached hydrogens (tertiary/aromatic N) is 1. The molecule has 2 aromatic carbocycles. The fourth-order valence-electron chi connectivity index (χ4n) is 3.30. The van der Waals surface area contributed by atoms with Gasteiger partial charge in [-0.05, 0) is 56.1 Å². The summed E-state index contributed by atoms with van der Waals surface area (Å²) >= 11 is 6.12. The Labute approximate surface area is 177 Å². The zero-order chi connectivity index (χ0) is 20.6. The number of hydrogen-bond donors (Lipinski definition) is 1. The zero-order valence-electron chi connectivity index (χ0n) is 17.1. The van der Waals surface area contributed by atoms with Crippen LogP contribution in [0.25, 0.3) is 0 Å². The Kier molecular flexibility index (Phi) is 7.78. The number of benzene rings is 2. The number of carbonyl (C=O) groups is 1. The number of ether oxygens (including phenoxy) is 2. The van der Waals surface area contributed by atoms with E-state index in [1.54, 1.807) is 12.1 Å². The minimum Gasteiger partial charge on any atom is -0.490 e. The fourth-order valence-corrected chi connectivity index (χ4v) is 3.48. The van der Waals surface area contributed by atoms with Crippen LogP contribution < -0.4 is 14.8 Å². The first-order valence-electron chi connectivity index (χ1n) is 10.2. The Balaban J connectivity index is 1.48. The molecule has 1 atom stereocenters. The predicted molar refractivity (Wildman–Crippen MR) is 116 cm³/mol. The third-order valence-corrected chi connectivity index (χ3v) is 5.44. The van der Waals surface area contributed by atoms with Crippen LogP contribution in [0.15, 0.2) is 48.5 Å². The molecule has 0 aromatic heterocycles. The number of rotatable bonds is 8. The summed E-state index contributed by atoms with van der Waals surface area (Å²) in [5.74, 6) is 1.24. The van der Waals surface area contributed by atoms with E-state index in [1.165, 1.54) is 0 Å². The number of likely N-dealkylation sites (tertiary alicyclic amines) is 1. The number of halogens is 1. The van der Waals surface area contributed by atoms with Gasteiger partial charge in [0, 0.05) is 19.6 Å². The highest BCUT2D eigenvalue weighted by Gasteiger charge is 2.20. The molecule has 0 aliphatic carbocycles. The van der Waals surface area contributed by atoms with Crippen LogP contribution in [0.1, 0.15) is 31.7 Å². The number of amides is 1. The second-order valence-corrected chi connectivity index (χ2v) is 7.83. The molecule has 1 aliphatic heterocycles. The lowest BCUT2D eigenvalue weighted by Gasteiger charge is -2.29. The van der Waals surface area contributed by atoms with Crippen molar-refractivity contribution in [1.29, 1.82) is 0 Å². The van der Waals surface area contributed by atoms with Crippen molar-refractivity contribution >= 4 is 17.5 Å². The molecule has 1 fully saturated rings. The topological polar surface area (TPSA) is 50.8 Å². The Morgan fingerprint density at radius 1 is 1.17 bits per heavy atom. The largest absolute Gasteiger partial charge is 0.490 e. The normalized spacial score (nSPS) is 16.2. The first-order chi connectivity index (χ1) is 14.0. The number of hydrogen-bond acceptors (Lipinski definition) is 4. The van der Waals surface area contributed by atoms with Crippen LogP contribution in [0.2, 0.25) is 5.02 Å². The highest BCUT2D eigenvalue weighted by atomic mass is 35.5. The van der Waals surface area contributed by atoms with E-state index in [4.69, 9.17) is 21.1 Å². The number of piperidine rings is 1. The maximum atomic E-state index is 12.5. The van der Waals surface area contributed by atoms with Crippen molar-refractivity contribution in [2.24, 2.45) is 0 Å². The summed E-state index contributed by atoms with van der Waals surface area (Å²) in [5, 5.41) is 3.44. The molecule has 1 saturated heterocycles. The van der Waals surface area contributed by atoms with E-state index >= 15 is 0 Å². The smallest absolute Gasteiger partial charge is 0.261 e. The quantitative estimate of drug-likeness (QED) is 0.697. The molecule has 0 spiro atoms. The average molecular weight is 417 g/mol. The van der Waals surface area contributed by atoms with Crippen LogP contribution in [-0.4, -0.2) is 43.2 Å². The van der Waals surface area contributed by atoms with Crippen LogP contribution >= 0.6 is 11.6 Å². The van der Waals surface area contributed by atoms with Gasteiger partial charge in [-0.15, -0.1) is 0 Å². The summed E-state index contributed by atoms with van der Waals surface area (Å²) in [4.78, 5) is 14.8. The standard InChI is InChI=1S/C23H29ClN2O3/c1-3-21(29-22-7-5-4-6-20(22)24)23(27)25-16-17-8-10-18(11-9-17)28-19-12-14-26(2)15-13-19/h4-11,19,21H,3,12-16H2,1-2H3,(H,25,27)/t21-/m0/s1. The molecular formula is C23H29ClN2O3. The summed E-state index contributed by atoms with van der Waals surface area (Å²) < 4.78 is 11.9. The van der Waals surface area contributed by atoms with Crippen LogP contribution in [0.4, 0.5) is 0 Å². The van der Waals surface area contributed by atoms with Crippen molar-refractivity contribution < 1.29 is 14.3 Å². The van der Waals surface area contributed by atoms with Crippen LogP contribution in [0.5, 0.6) is 11.5 Å². The second-order valence-electron chi connectivity index (χ2n) is 7.43. The van der Waals surface area contributed by atoms with E-state index in [0.717, 1.165) is 37.2 Å². The molecule has 29 heavy (non-hydrogen) atoms. The Hall–Kier alpha value is -2.24. The van der Waals surface area contributed by atoms with E-state index in [1.807, 2.05) is 43.3 Å². The highest BCUT2D eigenvalue weighted by molar-refractivity contribution is 6.32. The molecule has 6 heteroatoms. The number of nitrogens with one attached hydrogen (secondary N) is 1. The van der Waals surface area contributed by atoms with Gasteiger partial charge in [0.25, 0.3) is 5.91 Å². The van der Waals surface area contributed by atoms with Gasteiger partial charge >= 0.3 is 0 Å². The molecule has 0 bridgehead atoms. The van der Waals surface area contributed by atoms with E-state index < -0.39 is 6.10 Å². The molecule has 2 aromatic rings. The van der Waals surface area contributed by atoms with Crippen molar-refractivity contribution in [2.45, 2.75) is 44.9 Å². The highest BCUT2D eigenvalue weighted by Crippen LogP contribution is 2.25. The summed E-state index contributed by atoms with van der Waals surface area (Å²) in [6.45, 7) is 4.50. The van der Waals surface area contributed by atoms with Gasteiger partial charge in [0.15, 0.2) is 6.10 Å². The fraction of sp³-hybridized carbons (Fsp3) is 0.435. The minimum absolute atomic E-state index is 0.154. The molecule has 3 rings (SSSR count). The van der Waals surface area contributed by atoms with Gasteiger partial charge in [-0.25, -0.2) is 0 Å². The SMILES string of the molecule is CC[C@H](Oc1ccccc1Cl)C(=O)NCc1ccc(OC2CCN(C)CC2)cc1. The molecule has 1 amide bonds. The maximum Gasteiger partial charge on any atom is 0.261 e. The number of carbonyl (C=O) groups excluding carboxylic acids is 1. The predicted octanol–water partition coefficient (Wildman–Crippen LogP) is 4.29. The molecule has 1 heterocycles. The molecule has 0 unspecified atom stereocenters. The third-order valence-electron chi connectivity index (χ3n) is 5.13. The summed E-state index contributed by atoms with van der Waals surface area (Å²) in [7, 11) is 2.14. The van der Waals surface area contributed by atoms with E-state index in [-0.39, 0.29) is 12.0 Å². The van der Waals surface area contributed by atoms with Gasteiger partial charge in [0.05, 0.1) is 5.02 Å².